The first-order valence-electron chi connectivity index (χ1n) is 5.34. The van der Waals surface area contributed by atoms with Gasteiger partial charge in [0.2, 0.25) is 0 Å². The summed E-state index contributed by atoms with van der Waals surface area (Å²) < 4.78 is 0. The lowest BCUT2D eigenvalue weighted by Crippen LogP contribution is -2.09. The lowest BCUT2D eigenvalue weighted by Gasteiger charge is -2.02. The number of aromatic amines is 1. The van der Waals surface area contributed by atoms with Crippen molar-refractivity contribution in [1.29, 1.82) is 0 Å². The van der Waals surface area contributed by atoms with Gasteiger partial charge in [-0.25, -0.2) is 4.98 Å². The van der Waals surface area contributed by atoms with Crippen LogP contribution in [0.15, 0.2) is 47.5 Å². The number of hydrogen-bond acceptors (Lipinski definition) is 3. The van der Waals surface area contributed by atoms with E-state index in [-0.39, 0.29) is 5.56 Å². The first kappa shape index (κ1) is 10.9. The second-order valence-electron chi connectivity index (χ2n) is 3.82. The van der Waals surface area contributed by atoms with Crippen LogP contribution in [0, 0.1) is 0 Å². The van der Waals surface area contributed by atoms with E-state index in [0.717, 1.165) is 5.56 Å². The van der Waals surface area contributed by atoms with Gasteiger partial charge in [-0.05, 0) is 30.3 Å². The van der Waals surface area contributed by atoms with E-state index in [1.807, 2.05) is 6.07 Å². The third-order valence-electron chi connectivity index (χ3n) is 2.60. The third-order valence-corrected chi connectivity index (χ3v) is 2.84. The van der Waals surface area contributed by atoms with Crippen LogP contribution in [-0.4, -0.2) is 15.0 Å². The molecule has 88 valence electrons. The molecule has 0 amide bonds. The number of pyridine rings is 1. The van der Waals surface area contributed by atoms with Crippen molar-refractivity contribution in [1.82, 2.24) is 15.0 Å². The Balaban J connectivity index is 2.29. The minimum Gasteiger partial charge on any atom is -0.306 e. The Hall–Kier alpha value is -2.20. The van der Waals surface area contributed by atoms with E-state index in [1.165, 1.54) is 0 Å². The summed E-state index contributed by atoms with van der Waals surface area (Å²) in [4.78, 5) is 23.1. The molecule has 3 aromatic rings. The highest BCUT2D eigenvalue weighted by atomic mass is 35.5. The zero-order valence-corrected chi connectivity index (χ0v) is 9.98. The van der Waals surface area contributed by atoms with Crippen molar-refractivity contribution >= 4 is 22.5 Å². The molecule has 0 saturated carbocycles. The van der Waals surface area contributed by atoms with E-state index < -0.39 is 0 Å². The standard InChI is InChI=1S/C13H8ClN3O/c14-9-3-4-11-10(6-9)13(18)17-12(16-11)8-2-1-5-15-7-8/h1-7H,(H,16,17,18). The quantitative estimate of drug-likeness (QED) is 0.729. The summed E-state index contributed by atoms with van der Waals surface area (Å²) in [5, 5.41) is 0.999. The summed E-state index contributed by atoms with van der Waals surface area (Å²) in [6.07, 6.45) is 3.32. The van der Waals surface area contributed by atoms with E-state index >= 15 is 0 Å². The Morgan fingerprint density at radius 1 is 1.22 bits per heavy atom. The minimum absolute atomic E-state index is 0.207. The van der Waals surface area contributed by atoms with Crippen LogP contribution in [0.5, 0.6) is 0 Å². The molecular formula is C13H8ClN3O. The van der Waals surface area contributed by atoms with Gasteiger partial charge in [-0.3, -0.25) is 9.78 Å². The summed E-state index contributed by atoms with van der Waals surface area (Å²) in [5.74, 6) is 0.503. The summed E-state index contributed by atoms with van der Waals surface area (Å²) in [6.45, 7) is 0. The fourth-order valence-electron chi connectivity index (χ4n) is 1.75. The average molecular weight is 258 g/mol. The van der Waals surface area contributed by atoms with Gasteiger partial charge in [0.25, 0.3) is 5.56 Å². The number of hydrogen-bond donors (Lipinski definition) is 1. The number of nitrogens with zero attached hydrogens (tertiary/aromatic N) is 2. The Kier molecular flexibility index (Phi) is 2.57. The predicted octanol–water partition coefficient (Wildman–Crippen LogP) is 2.64. The van der Waals surface area contributed by atoms with E-state index in [1.54, 1.807) is 36.7 Å². The van der Waals surface area contributed by atoms with Gasteiger partial charge in [0.05, 0.1) is 10.9 Å². The van der Waals surface area contributed by atoms with Crippen molar-refractivity contribution in [3.8, 4) is 11.4 Å². The highest BCUT2D eigenvalue weighted by molar-refractivity contribution is 6.31. The molecule has 0 saturated heterocycles. The molecule has 4 nitrogen and oxygen atoms in total. The van der Waals surface area contributed by atoms with Crippen LogP contribution in [0.3, 0.4) is 0 Å². The van der Waals surface area contributed by atoms with Gasteiger partial charge in [-0.15, -0.1) is 0 Å². The molecule has 1 aromatic carbocycles. The van der Waals surface area contributed by atoms with Crippen molar-refractivity contribution in [2.75, 3.05) is 0 Å². The van der Waals surface area contributed by atoms with Crippen LogP contribution >= 0.6 is 11.6 Å². The molecule has 0 fully saturated rings. The number of benzene rings is 1. The highest BCUT2D eigenvalue weighted by Gasteiger charge is 2.06. The van der Waals surface area contributed by atoms with Crippen molar-refractivity contribution < 1.29 is 0 Å². The first-order valence-corrected chi connectivity index (χ1v) is 5.72. The number of aromatic nitrogens is 3. The lowest BCUT2D eigenvalue weighted by atomic mass is 10.2. The topological polar surface area (TPSA) is 58.6 Å². The summed E-state index contributed by atoms with van der Waals surface area (Å²) in [6, 6.07) is 8.68. The molecule has 5 heteroatoms. The summed E-state index contributed by atoms with van der Waals surface area (Å²) in [5.41, 5.74) is 1.18. The van der Waals surface area contributed by atoms with Crippen molar-refractivity contribution in [2.45, 2.75) is 0 Å². The van der Waals surface area contributed by atoms with Gasteiger partial charge < -0.3 is 4.98 Å². The van der Waals surface area contributed by atoms with Crippen LogP contribution in [0.2, 0.25) is 5.02 Å². The summed E-state index contributed by atoms with van der Waals surface area (Å²) >= 11 is 5.86. The number of halogens is 1. The van der Waals surface area contributed by atoms with Gasteiger partial charge in [0.1, 0.15) is 5.82 Å². The van der Waals surface area contributed by atoms with Gasteiger partial charge in [0, 0.05) is 23.0 Å². The molecule has 3 rings (SSSR count). The molecule has 0 bridgehead atoms. The highest BCUT2D eigenvalue weighted by Crippen LogP contribution is 2.17. The maximum Gasteiger partial charge on any atom is 0.259 e. The van der Waals surface area contributed by atoms with Gasteiger partial charge in [-0.2, -0.15) is 0 Å². The maximum atomic E-state index is 12.0. The molecule has 0 aliphatic heterocycles. The monoisotopic (exact) mass is 257 g/mol. The normalized spacial score (nSPS) is 10.7. The molecule has 1 N–H and O–H groups in total. The molecule has 2 aromatic heterocycles. The molecular weight excluding hydrogens is 250 g/mol. The molecule has 0 unspecified atom stereocenters. The van der Waals surface area contributed by atoms with Crippen LogP contribution in [-0.2, 0) is 0 Å². The largest absolute Gasteiger partial charge is 0.306 e. The predicted molar refractivity (Wildman–Crippen MR) is 70.6 cm³/mol. The average Bonchev–Trinajstić information content (AvgIpc) is 2.40. The molecule has 0 radical (unpaired) electrons. The molecule has 0 aliphatic rings. The smallest absolute Gasteiger partial charge is 0.259 e. The fraction of sp³-hybridized carbons (Fsp3) is 0. The van der Waals surface area contributed by atoms with E-state index in [2.05, 4.69) is 15.0 Å². The van der Waals surface area contributed by atoms with Crippen molar-refractivity contribution in [2.24, 2.45) is 0 Å². The third kappa shape index (κ3) is 1.87. The van der Waals surface area contributed by atoms with E-state index in [0.29, 0.717) is 21.7 Å². The summed E-state index contributed by atoms with van der Waals surface area (Å²) in [7, 11) is 0. The molecule has 2 heterocycles. The zero-order valence-electron chi connectivity index (χ0n) is 9.22. The van der Waals surface area contributed by atoms with Crippen LogP contribution in [0.1, 0.15) is 0 Å². The Morgan fingerprint density at radius 2 is 2.11 bits per heavy atom. The number of H-pyrrole nitrogens is 1. The molecule has 0 atom stereocenters. The number of rotatable bonds is 1. The number of fused-ring (bicyclic) bond motifs is 1. The second-order valence-corrected chi connectivity index (χ2v) is 4.25. The molecule has 18 heavy (non-hydrogen) atoms. The van der Waals surface area contributed by atoms with Gasteiger partial charge >= 0.3 is 0 Å². The minimum atomic E-state index is -0.207. The SMILES string of the molecule is O=c1[nH]c(-c2cccnc2)nc2ccc(Cl)cc12. The van der Waals surface area contributed by atoms with Crippen molar-refractivity contribution in [3.63, 3.8) is 0 Å². The molecule has 0 spiro atoms. The zero-order chi connectivity index (χ0) is 12.5. The Labute approximate surface area is 107 Å². The second kappa shape index (κ2) is 4.23. The van der Waals surface area contributed by atoms with Gasteiger partial charge in [0.15, 0.2) is 0 Å². The van der Waals surface area contributed by atoms with E-state index in [9.17, 15) is 4.79 Å². The van der Waals surface area contributed by atoms with Crippen LogP contribution in [0.25, 0.3) is 22.3 Å². The number of nitrogens with one attached hydrogen (secondary N) is 1. The van der Waals surface area contributed by atoms with E-state index in [4.69, 9.17) is 11.6 Å². The molecule has 0 aliphatic carbocycles. The lowest BCUT2D eigenvalue weighted by molar-refractivity contribution is 1.17. The van der Waals surface area contributed by atoms with Crippen LogP contribution < -0.4 is 5.56 Å². The Morgan fingerprint density at radius 3 is 2.89 bits per heavy atom. The Bertz CT molecular complexity index is 768. The van der Waals surface area contributed by atoms with Crippen molar-refractivity contribution in [3.05, 3.63) is 58.1 Å². The maximum absolute atomic E-state index is 12.0. The van der Waals surface area contributed by atoms with Crippen LogP contribution in [0.4, 0.5) is 0 Å². The first-order chi connectivity index (χ1) is 8.74. The van der Waals surface area contributed by atoms with Gasteiger partial charge in [-0.1, -0.05) is 11.6 Å². The fourth-order valence-corrected chi connectivity index (χ4v) is 1.92.